The van der Waals surface area contributed by atoms with Gasteiger partial charge >= 0.3 is 0 Å². The molecule has 4 nitrogen and oxygen atoms in total. The SMILES string of the molecule is CC(C)OCCOCCOC=O. The Kier molecular flexibility index (Phi) is 8.05. The Morgan fingerprint density at radius 3 is 2.42 bits per heavy atom. The molecule has 0 saturated heterocycles. The van der Waals surface area contributed by atoms with Crippen molar-refractivity contribution in [1.29, 1.82) is 0 Å². The van der Waals surface area contributed by atoms with Crippen LogP contribution in [0.15, 0.2) is 0 Å². The fraction of sp³-hybridized carbons (Fsp3) is 0.875. The molecular formula is C8H16O4. The van der Waals surface area contributed by atoms with Crippen molar-refractivity contribution in [2.24, 2.45) is 0 Å². The lowest BCUT2D eigenvalue weighted by Crippen LogP contribution is -2.11. The molecule has 0 saturated carbocycles. The molecule has 0 atom stereocenters. The monoisotopic (exact) mass is 176 g/mol. The molecule has 0 N–H and O–H groups in total. The van der Waals surface area contributed by atoms with E-state index in [1.807, 2.05) is 13.8 Å². The van der Waals surface area contributed by atoms with Crippen LogP contribution in [0.1, 0.15) is 13.8 Å². The number of ether oxygens (including phenoxy) is 3. The third kappa shape index (κ3) is 9.39. The summed E-state index contributed by atoms with van der Waals surface area (Å²) >= 11 is 0. The van der Waals surface area contributed by atoms with Gasteiger partial charge in [0.2, 0.25) is 0 Å². The molecule has 0 aliphatic rings. The van der Waals surface area contributed by atoms with Crippen molar-refractivity contribution in [2.75, 3.05) is 26.4 Å². The van der Waals surface area contributed by atoms with Gasteiger partial charge in [0.1, 0.15) is 6.61 Å². The van der Waals surface area contributed by atoms with Crippen molar-refractivity contribution in [3.05, 3.63) is 0 Å². The highest BCUT2D eigenvalue weighted by atomic mass is 16.6. The van der Waals surface area contributed by atoms with Gasteiger partial charge in [-0.05, 0) is 13.8 Å². The van der Waals surface area contributed by atoms with E-state index in [2.05, 4.69) is 4.74 Å². The first-order valence-electron chi connectivity index (χ1n) is 4.02. The first kappa shape index (κ1) is 11.4. The number of rotatable bonds is 8. The van der Waals surface area contributed by atoms with E-state index >= 15 is 0 Å². The topological polar surface area (TPSA) is 44.8 Å². The van der Waals surface area contributed by atoms with E-state index in [4.69, 9.17) is 9.47 Å². The molecule has 0 aliphatic carbocycles. The van der Waals surface area contributed by atoms with Crippen molar-refractivity contribution >= 4 is 6.47 Å². The molecule has 0 amide bonds. The minimum absolute atomic E-state index is 0.236. The van der Waals surface area contributed by atoms with Crippen LogP contribution in [0.4, 0.5) is 0 Å². The second-order valence-corrected chi connectivity index (χ2v) is 2.50. The normalized spacial score (nSPS) is 10.2. The highest BCUT2D eigenvalue weighted by Gasteiger charge is 1.92. The molecule has 0 rings (SSSR count). The molecule has 0 radical (unpaired) electrons. The molecule has 0 aromatic carbocycles. The van der Waals surface area contributed by atoms with Gasteiger partial charge in [-0.25, -0.2) is 0 Å². The molecule has 0 spiro atoms. The Balaban J connectivity index is 2.86. The second kappa shape index (κ2) is 8.49. The number of carbonyl (C=O) groups is 1. The Morgan fingerprint density at radius 2 is 1.83 bits per heavy atom. The predicted octanol–water partition coefficient (Wildman–Crippen LogP) is 0.601. The van der Waals surface area contributed by atoms with Gasteiger partial charge in [0.25, 0.3) is 6.47 Å². The molecule has 0 heterocycles. The zero-order valence-electron chi connectivity index (χ0n) is 7.62. The Bertz CT molecular complexity index is 103. The summed E-state index contributed by atoms with van der Waals surface area (Å²) in [4.78, 5) is 9.68. The van der Waals surface area contributed by atoms with E-state index in [-0.39, 0.29) is 6.10 Å². The quantitative estimate of drug-likeness (QED) is 0.401. The van der Waals surface area contributed by atoms with Crippen LogP contribution in [0, 0.1) is 0 Å². The third-order valence-electron chi connectivity index (χ3n) is 1.09. The molecule has 72 valence electrons. The van der Waals surface area contributed by atoms with Crippen LogP contribution in [0.3, 0.4) is 0 Å². The molecule has 4 heteroatoms. The molecule has 0 fully saturated rings. The van der Waals surface area contributed by atoms with Gasteiger partial charge in [-0.15, -0.1) is 0 Å². The maximum Gasteiger partial charge on any atom is 0.293 e. The summed E-state index contributed by atoms with van der Waals surface area (Å²) in [5, 5.41) is 0. The fourth-order valence-corrected chi connectivity index (χ4v) is 0.600. The van der Waals surface area contributed by atoms with Crippen molar-refractivity contribution in [2.45, 2.75) is 20.0 Å². The van der Waals surface area contributed by atoms with Gasteiger partial charge in [-0.3, -0.25) is 4.79 Å². The van der Waals surface area contributed by atoms with Gasteiger partial charge < -0.3 is 14.2 Å². The summed E-state index contributed by atoms with van der Waals surface area (Å²) in [6, 6.07) is 0. The largest absolute Gasteiger partial charge is 0.465 e. The summed E-state index contributed by atoms with van der Waals surface area (Å²) < 4.78 is 14.7. The molecule has 0 aliphatic heterocycles. The first-order valence-corrected chi connectivity index (χ1v) is 4.02. The van der Waals surface area contributed by atoms with Crippen LogP contribution >= 0.6 is 0 Å². The lowest BCUT2D eigenvalue weighted by atomic mass is 10.5. The van der Waals surface area contributed by atoms with Crippen LogP contribution in [-0.4, -0.2) is 39.0 Å². The van der Waals surface area contributed by atoms with Crippen molar-refractivity contribution in [3.8, 4) is 0 Å². The Morgan fingerprint density at radius 1 is 1.17 bits per heavy atom. The highest BCUT2D eigenvalue weighted by Crippen LogP contribution is 1.86. The average Bonchev–Trinajstić information content (AvgIpc) is 2.02. The van der Waals surface area contributed by atoms with Gasteiger partial charge in [0.05, 0.1) is 25.9 Å². The molecule has 0 bridgehead atoms. The lowest BCUT2D eigenvalue weighted by Gasteiger charge is -2.07. The molecule has 0 unspecified atom stereocenters. The number of hydrogen-bond donors (Lipinski definition) is 0. The summed E-state index contributed by atoms with van der Waals surface area (Å²) in [5.41, 5.74) is 0. The van der Waals surface area contributed by atoms with E-state index < -0.39 is 0 Å². The van der Waals surface area contributed by atoms with Crippen LogP contribution in [0.2, 0.25) is 0 Å². The molecule has 0 aromatic heterocycles. The predicted molar refractivity (Wildman–Crippen MR) is 43.9 cm³/mol. The Labute approximate surface area is 72.8 Å². The smallest absolute Gasteiger partial charge is 0.293 e. The maximum absolute atomic E-state index is 9.68. The van der Waals surface area contributed by atoms with E-state index in [1.54, 1.807) is 0 Å². The second-order valence-electron chi connectivity index (χ2n) is 2.50. The molecular weight excluding hydrogens is 160 g/mol. The summed E-state index contributed by atoms with van der Waals surface area (Å²) in [6.07, 6.45) is 0.236. The minimum atomic E-state index is 0.236. The van der Waals surface area contributed by atoms with Gasteiger partial charge in [0, 0.05) is 0 Å². The van der Waals surface area contributed by atoms with E-state index in [0.29, 0.717) is 32.9 Å². The lowest BCUT2D eigenvalue weighted by molar-refractivity contribution is -0.130. The van der Waals surface area contributed by atoms with Crippen LogP contribution in [0.25, 0.3) is 0 Å². The zero-order valence-corrected chi connectivity index (χ0v) is 7.62. The highest BCUT2D eigenvalue weighted by molar-refractivity contribution is 5.36. The number of hydrogen-bond acceptors (Lipinski definition) is 4. The first-order chi connectivity index (χ1) is 5.77. The standard InChI is InChI=1S/C8H16O4/c1-8(2)12-6-5-10-3-4-11-7-9/h7-8H,3-6H2,1-2H3. The van der Waals surface area contributed by atoms with Crippen molar-refractivity contribution in [1.82, 2.24) is 0 Å². The third-order valence-corrected chi connectivity index (χ3v) is 1.09. The number of carbonyl (C=O) groups excluding carboxylic acids is 1. The summed E-state index contributed by atoms with van der Waals surface area (Å²) in [7, 11) is 0. The maximum atomic E-state index is 9.68. The summed E-state index contributed by atoms with van der Waals surface area (Å²) in [5.74, 6) is 0. The minimum Gasteiger partial charge on any atom is -0.465 e. The molecule has 0 aromatic rings. The van der Waals surface area contributed by atoms with Crippen LogP contribution < -0.4 is 0 Å². The summed E-state index contributed by atoms with van der Waals surface area (Å²) in [6.45, 7) is 6.21. The van der Waals surface area contributed by atoms with Crippen molar-refractivity contribution in [3.63, 3.8) is 0 Å². The van der Waals surface area contributed by atoms with Gasteiger partial charge in [-0.1, -0.05) is 0 Å². The van der Waals surface area contributed by atoms with Gasteiger partial charge in [-0.2, -0.15) is 0 Å². The molecule has 12 heavy (non-hydrogen) atoms. The van der Waals surface area contributed by atoms with E-state index in [0.717, 1.165) is 0 Å². The van der Waals surface area contributed by atoms with Gasteiger partial charge in [0.15, 0.2) is 0 Å². The van der Waals surface area contributed by atoms with Crippen LogP contribution in [-0.2, 0) is 19.0 Å². The van der Waals surface area contributed by atoms with E-state index in [9.17, 15) is 4.79 Å². The van der Waals surface area contributed by atoms with E-state index in [1.165, 1.54) is 0 Å². The zero-order chi connectivity index (χ0) is 9.23. The Hall–Kier alpha value is -0.610. The van der Waals surface area contributed by atoms with Crippen LogP contribution in [0.5, 0.6) is 0 Å². The van der Waals surface area contributed by atoms with Crippen molar-refractivity contribution < 1.29 is 19.0 Å². The average molecular weight is 176 g/mol. The fourth-order valence-electron chi connectivity index (χ4n) is 0.600.